The Hall–Kier alpha value is -2.00. The lowest BCUT2D eigenvalue weighted by molar-refractivity contribution is -0.158. The van der Waals surface area contributed by atoms with Gasteiger partial charge < -0.3 is 9.64 Å². The van der Waals surface area contributed by atoms with Crippen LogP contribution in [0, 0.1) is 5.82 Å². The second-order valence-corrected chi connectivity index (χ2v) is 7.92. The summed E-state index contributed by atoms with van der Waals surface area (Å²) in [5, 5.41) is 0. The fourth-order valence-corrected chi connectivity index (χ4v) is 3.65. The maximum absolute atomic E-state index is 12.9. The lowest BCUT2D eigenvalue weighted by atomic mass is 10.3. The van der Waals surface area contributed by atoms with E-state index in [9.17, 15) is 22.4 Å². The predicted molar refractivity (Wildman–Crippen MR) is 87.6 cm³/mol. The molecule has 7 nitrogen and oxygen atoms in total. The van der Waals surface area contributed by atoms with Gasteiger partial charge in [-0.3, -0.25) is 9.59 Å². The van der Waals surface area contributed by atoms with Crippen molar-refractivity contribution in [2.45, 2.75) is 30.8 Å². The number of ether oxygens (including phenoxy) is 1. The molecule has 0 unspecified atom stereocenters. The minimum Gasteiger partial charge on any atom is -0.452 e. The van der Waals surface area contributed by atoms with E-state index in [-0.39, 0.29) is 10.8 Å². The van der Waals surface area contributed by atoms with E-state index in [1.165, 1.54) is 14.0 Å². The average Bonchev–Trinajstić information content (AvgIpc) is 3.08. The van der Waals surface area contributed by atoms with Crippen molar-refractivity contribution in [1.29, 1.82) is 0 Å². The van der Waals surface area contributed by atoms with Crippen molar-refractivity contribution < 1.29 is 27.1 Å². The van der Waals surface area contributed by atoms with Crippen molar-refractivity contribution in [1.82, 2.24) is 9.21 Å². The van der Waals surface area contributed by atoms with Gasteiger partial charge in [0.15, 0.2) is 6.10 Å². The highest BCUT2D eigenvalue weighted by Crippen LogP contribution is 2.15. The highest BCUT2D eigenvalue weighted by molar-refractivity contribution is 7.89. The third-order valence-electron chi connectivity index (χ3n) is 3.95. The molecule has 138 valence electrons. The van der Waals surface area contributed by atoms with E-state index in [4.69, 9.17) is 4.74 Å². The Bertz CT molecular complexity index is 729. The van der Waals surface area contributed by atoms with E-state index in [0.717, 1.165) is 41.4 Å². The number of nitrogens with zero attached hydrogens (tertiary/aromatic N) is 2. The number of carbonyl (C=O) groups is 2. The average molecular weight is 372 g/mol. The van der Waals surface area contributed by atoms with Crippen LogP contribution >= 0.6 is 0 Å². The fraction of sp³-hybridized carbons (Fsp3) is 0.500. The minimum atomic E-state index is -3.95. The Morgan fingerprint density at radius 1 is 1.24 bits per heavy atom. The first-order chi connectivity index (χ1) is 11.7. The SMILES string of the molecule is C[C@@H](OC(=O)CN(C)S(=O)(=O)c1ccc(F)cc1)C(=O)N1CCCC1. The van der Waals surface area contributed by atoms with Gasteiger partial charge in [0.2, 0.25) is 10.0 Å². The number of likely N-dealkylation sites (N-methyl/N-ethyl adjacent to an activating group) is 1. The van der Waals surface area contributed by atoms with E-state index in [2.05, 4.69) is 0 Å². The summed E-state index contributed by atoms with van der Waals surface area (Å²) in [6, 6.07) is 4.28. The lowest BCUT2D eigenvalue weighted by Gasteiger charge is -2.22. The molecule has 1 aliphatic rings. The molecule has 0 radical (unpaired) electrons. The van der Waals surface area contributed by atoms with Gasteiger partial charge in [-0.1, -0.05) is 0 Å². The van der Waals surface area contributed by atoms with Gasteiger partial charge in [-0.25, -0.2) is 12.8 Å². The summed E-state index contributed by atoms with van der Waals surface area (Å²) in [6.45, 7) is 2.20. The molecule has 1 saturated heterocycles. The maximum atomic E-state index is 12.9. The highest BCUT2D eigenvalue weighted by atomic mass is 32.2. The van der Waals surface area contributed by atoms with Gasteiger partial charge in [0.25, 0.3) is 5.91 Å². The van der Waals surface area contributed by atoms with Crippen LogP contribution in [0.1, 0.15) is 19.8 Å². The molecule has 0 aromatic heterocycles. The second-order valence-electron chi connectivity index (χ2n) is 5.88. The number of amides is 1. The molecular weight excluding hydrogens is 351 g/mol. The van der Waals surface area contributed by atoms with E-state index in [1.54, 1.807) is 4.90 Å². The molecule has 0 saturated carbocycles. The van der Waals surface area contributed by atoms with Crippen molar-refractivity contribution in [3.63, 3.8) is 0 Å². The van der Waals surface area contributed by atoms with Crippen molar-refractivity contribution in [3.8, 4) is 0 Å². The quantitative estimate of drug-likeness (QED) is 0.696. The van der Waals surface area contributed by atoms with Gasteiger partial charge in [0, 0.05) is 20.1 Å². The van der Waals surface area contributed by atoms with Gasteiger partial charge in [-0.2, -0.15) is 4.31 Å². The molecule has 9 heteroatoms. The van der Waals surface area contributed by atoms with Gasteiger partial charge in [0.05, 0.1) is 4.90 Å². The molecule has 0 bridgehead atoms. The summed E-state index contributed by atoms with van der Waals surface area (Å²) in [4.78, 5) is 25.5. The summed E-state index contributed by atoms with van der Waals surface area (Å²) in [5.74, 6) is -1.67. The Morgan fingerprint density at radius 2 is 1.80 bits per heavy atom. The summed E-state index contributed by atoms with van der Waals surface area (Å²) >= 11 is 0. The Morgan fingerprint density at radius 3 is 2.36 bits per heavy atom. The zero-order chi connectivity index (χ0) is 18.6. The number of halogens is 1. The highest BCUT2D eigenvalue weighted by Gasteiger charge is 2.28. The van der Waals surface area contributed by atoms with Crippen LogP contribution in [0.15, 0.2) is 29.2 Å². The first-order valence-corrected chi connectivity index (χ1v) is 9.36. The molecule has 1 aromatic rings. The molecule has 1 fully saturated rings. The number of hydrogen-bond donors (Lipinski definition) is 0. The maximum Gasteiger partial charge on any atom is 0.322 e. The van der Waals surface area contributed by atoms with Gasteiger partial charge in [-0.05, 0) is 44.0 Å². The molecule has 1 aromatic carbocycles. The van der Waals surface area contributed by atoms with Gasteiger partial charge in [-0.15, -0.1) is 0 Å². The number of rotatable bonds is 6. The van der Waals surface area contributed by atoms with Crippen molar-refractivity contribution in [2.24, 2.45) is 0 Å². The Labute approximate surface area is 146 Å². The van der Waals surface area contributed by atoms with Crippen LogP contribution in [-0.2, 0) is 24.3 Å². The van der Waals surface area contributed by atoms with Crippen LogP contribution in [0.25, 0.3) is 0 Å². The number of likely N-dealkylation sites (tertiary alicyclic amines) is 1. The summed E-state index contributed by atoms with van der Waals surface area (Å²) in [7, 11) is -2.74. The third-order valence-corrected chi connectivity index (χ3v) is 5.76. The number of esters is 1. The van der Waals surface area contributed by atoms with Crippen molar-refractivity contribution in [3.05, 3.63) is 30.1 Å². The largest absolute Gasteiger partial charge is 0.452 e. The van der Waals surface area contributed by atoms with E-state index in [0.29, 0.717) is 13.1 Å². The summed E-state index contributed by atoms with van der Waals surface area (Å²) in [5.41, 5.74) is 0. The van der Waals surface area contributed by atoms with Crippen LogP contribution < -0.4 is 0 Å². The second kappa shape index (κ2) is 7.92. The predicted octanol–water partition coefficient (Wildman–Crippen LogP) is 1.00. The number of carbonyl (C=O) groups excluding carboxylic acids is 2. The molecule has 0 aliphatic carbocycles. The van der Waals surface area contributed by atoms with Crippen LogP contribution in [0.2, 0.25) is 0 Å². The zero-order valence-electron chi connectivity index (χ0n) is 14.1. The summed E-state index contributed by atoms with van der Waals surface area (Å²) in [6.07, 6.45) is 0.878. The third kappa shape index (κ3) is 4.76. The lowest BCUT2D eigenvalue weighted by Crippen LogP contribution is -2.40. The van der Waals surface area contributed by atoms with E-state index >= 15 is 0 Å². The van der Waals surface area contributed by atoms with Gasteiger partial charge >= 0.3 is 5.97 Å². The van der Waals surface area contributed by atoms with Gasteiger partial charge in [0.1, 0.15) is 12.4 Å². The topological polar surface area (TPSA) is 84.0 Å². The molecular formula is C16H21FN2O5S. The van der Waals surface area contributed by atoms with Crippen molar-refractivity contribution in [2.75, 3.05) is 26.7 Å². The molecule has 1 aliphatic heterocycles. The summed E-state index contributed by atoms with van der Waals surface area (Å²) < 4.78 is 43.4. The van der Waals surface area contributed by atoms with E-state index in [1.807, 2.05) is 0 Å². The molecule has 1 amide bonds. The fourth-order valence-electron chi connectivity index (χ4n) is 2.53. The number of benzene rings is 1. The monoisotopic (exact) mass is 372 g/mol. The number of sulfonamides is 1. The first-order valence-electron chi connectivity index (χ1n) is 7.92. The number of hydrogen-bond acceptors (Lipinski definition) is 5. The normalized spacial score (nSPS) is 16.1. The standard InChI is InChI=1S/C16H21FN2O5S/c1-12(16(21)19-9-3-4-10-19)24-15(20)11-18(2)25(22,23)14-7-5-13(17)6-8-14/h5-8,12H,3-4,9-11H2,1-2H3/t12-/m1/s1. The Balaban J connectivity index is 1.94. The van der Waals surface area contributed by atoms with E-state index < -0.39 is 34.5 Å². The van der Waals surface area contributed by atoms with Crippen LogP contribution in [0.3, 0.4) is 0 Å². The van der Waals surface area contributed by atoms with Crippen LogP contribution in [0.4, 0.5) is 4.39 Å². The molecule has 0 spiro atoms. The molecule has 0 N–H and O–H groups in total. The molecule has 1 heterocycles. The molecule has 1 atom stereocenters. The zero-order valence-corrected chi connectivity index (χ0v) is 15.0. The molecule has 25 heavy (non-hydrogen) atoms. The molecule has 2 rings (SSSR count). The smallest absolute Gasteiger partial charge is 0.322 e. The first kappa shape index (κ1) is 19.3. The Kier molecular flexibility index (Phi) is 6.12. The van der Waals surface area contributed by atoms with Crippen LogP contribution in [-0.4, -0.2) is 62.3 Å². The minimum absolute atomic E-state index is 0.134. The van der Waals surface area contributed by atoms with Crippen molar-refractivity contribution >= 4 is 21.9 Å². The van der Waals surface area contributed by atoms with Crippen LogP contribution in [0.5, 0.6) is 0 Å².